The third-order valence-electron chi connectivity index (χ3n) is 2.60. The number of carboxylic acids is 1. The molecule has 0 spiro atoms. The first kappa shape index (κ1) is 16.7. The van der Waals surface area contributed by atoms with Crippen LogP contribution in [0.4, 0.5) is 0 Å². The topological polar surface area (TPSA) is 95.1 Å². The number of nitrogens with one attached hydrogen (secondary N) is 2. The van der Waals surface area contributed by atoms with E-state index < -0.39 is 12.0 Å². The summed E-state index contributed by atoms with van der Waals surface area (Å²) in [6, 6.07) is 0.845. The SMILES string of the molecule is CCCNC(CSc1nc(CCC)cc(=O)[nH]1)C(=O)O. The molecule has 0 bridgehead atoms. The molecular weight excluding hydrogens is 278 g/mol. The maximum Gasteiger partial charge on any atom is 0.321 e. The summed E-state index contributed by atoms with van der Waals surface area (Å²) in [6.07, 6.45) is 2.53. The highest BCUT2D eigenvalue weighted by atomic mass is 32.2. The molecule has 1 unspecified atom stereocenters. The molecule has 6 nitrogen and oxygen atoms in total. The molecule has 0 saturated carbocycles. The van der Waals surface area contributed by atoms with Crippen molar-refractivity contribution >= 4 is 17.7 Å². The summed E-state index contributed by atoms with van der Waals surface area (Å²) in [4.78, 5) is 29.5. The molecular formula is C13H21N3O3S. The molecule has 1 heterocycles. The van der Waals surface area contributed by atoms with Crippen LogP contribution >= 0.6 is 11.8 Å². The van der Waals surface area contributed by atoms with Crippen molar-refractivity contribution in [2.45, 2.75) is 44.3 Å². The van der Waals surface area contributed by atoms with Gasteiger partial charge in [-0.25, -0.2) is 4.98 Å². The summed E-state index contributed by atoms with van der Waals surface area (Å²) in [5.74, 6) is -0.563. The van der Waals surface area contributed by atoms with Crippen LogP contribution in [0.1, 0.15) is 32.4 Å². The van der Waals surface area contributed by atoms with Crippen molar-refractivity contribution in [3.8, 4) is 0 Å². The van der Waals surface area contributed by atoms with Gasteiger partial charge in [-0.3, -0.25) is 9.59 Å². The zero-order valence-corrected chi connectivity index (χ0v) is 12.6. The van der Waals surface area contributed by atoms with Crippen molar-refractivity contribution in [2.24, 2.45) is 0 Å². The van der Waals surface area contributed by atoms with Gasteiger partial charge in [0, 0.05) is 17.5 Å². The quantitative estimate of drug-likeness (QED) is 0.469. The predicted molar refractivity (Wildman–Crippen MR) is 79.3 cm³/mol. The van der Waals surface area contributed by atoms with Gasteiger partial charge in [0.15, 0.2) is 5.16 Å². The first-order chi connectivity index (χ1) is 9.56. The first-order valence-electron chi connectivity index (χ1n) is 6.76. The Morgan fingerprint density at radius 1 is 1.50 bits per heavy atom. The van der Waals surface area contributed by atoms with Crippen molar-refractivity contribution in [3.63, 3.8) is 0 Å². The molecule has 1 aromatic rings. The van der Waals surface area contributed by atoms with E-state index in [4.69, 9.17) is 5.11 Å². The van der Waals surface area contributed by atoms with Crippen molar-refractivity contribution < 1.29 is 9.90 Å². The lowest BCUT2D eigenvalue weighted by Crippen LogP contribution is -2.39. The van der Waals surface area contributed by atoms with Crippen LogP contribution < -0.4 is 10.9 Å². The van der Waals surface area contributed by atoms with Crippen molar-refractivity contribution in [1.82, 2.24) is 15.3 Å². The average molecular weight is 299 g/mol. The van der Waals surface area contributed by atoms with Gasteiger partial charge < -0.3 is 15.4 Å². The fraction of sp³-hybridized carbons (Fsp3) is 0.615. The molecule has 112 valence electrons. The van der Waals surface area contributed by atoms with E-state index in [9.17, 15) is 9.59 Å². The molecule has 0 aliphatic heterocycles. The normalized spacial score (nSPS) is 12.3. The molecule has 3 N–H and O–H groups in total. The van der Waals surface area contributed by atoms with E-state index in [0.29, 0.717) is 17.5 Å². The lowest BCUT2D eigenvalue weighted by molar-refractivity contribution is -0.138. The van der Waals surface area contributed by atoms with Crippen LogP contribution in [-0.4, -0.2) is 39.4 Å². The molecule has 1 aromatic heterocycles. The number of aromatic amines is 1. The Morgan fingerprint density at radius 2 is 2.25 bits per heavy atom. The van der Waals surface area contributed by atoms with Crippen molar-refractivity contribution in [3.05, 3.63) is 22.1 Å². The zero-order chi connectivity index (χ0) is 15.0. The summed E-state index contributed by atoms with van der Waals surface area (Å²) in [7, 11) is 0. The monoisotopic (exact) mass is 299 g/mol. The molecule has 0 fully saturated rings. The van der Waals surface area contributed by atoms with Crippen LogP contribution in [-0.2, 0) is 11.2 Å². The van der Waals surface area contributed by atoms with Gasteiger partial charge in [0.25, 0.3) is 5.56 Å². The van der Waals surface area contributed by atoms with Crippen molar-refractivity contribution in [2.75, 3.05) is 12.3 Å². The molecule has 20 heavy (non-hydrogen) atoms. The number of aromatic nitrogens is 2. The summed E-state index contributed by atoms with van der Waals surface area (Å²) in [5, 5.41) is 12.5. The standard InChI is InChI=1S/C13H21N3O3S/c1-3-5-9-7-11(17)16-13(15-9)20-8-10(12(18)19)14-6-4-2/h7,10,14H,3-6,8H2,1-2H3,(H,18,19)(H,15,16,17). The minimum Gasteiger partial charge on any atom is -0.480 e. The van der Waals surface area contributed by atoms with Gasteiger partial charge in [-0.05, 0) is 19.4 Å². The van der Waals surface area contributed by atoms with Crippen LogP contribution in [0, 0.1) is 0 Å². The number of thioether (sulfide) groups is 1. The predicted octanol–water partition coefficient (Wildman–Crippen LogP) is 1.27. The Hall–Kier alpha value is -1.34. The number of hydrogen-bond donors (Lipinski definition) is 3. The summed E-state index contributed by atoms with van der Waals surface area (Å²) in [6.45, 7) is 4.65. The number of carbonyl (C=O) groups is 1. The highest BCUT2D eigenvalue weighted by Gasteiger charge is 2.17. The second-order valence-corrected chi connectivity index (χ2v) is 5.46. The van der Waals surface area contributed by atoms with E-state index in [1.807, 2.05) is 13.8 Å². The van der Waals surface area contributed by atoms with Crippen LogP contribution in [0.3, 0.4) is 0 Å². The number of H-pyrrole nitrogens is 1. The van der Waals surface area contributed by atoms with E-state index in [2.05, 4.69) is 15.3 Å². The molecule has 0 aromatic carbocycles. The minimum absolute atomic E-state index is 0.195. The third-order valence-corrected chi connectivity index (χ3v) is 3.57. The molecule has 1 rings (SSSR count). The second-order valence-electron chi connectivity index (χ2n) is 4.45. The first-order valence-corrected chi connectivity index (χ1v) is 7.74. The van der Waals surface area contributed by atoms with Crippen LogP contribution in [0.15, 0.2) is 16.0 Å². The summed E-state index contributed by atoms with van der Waals surface area (Å²) in [5.41, 5.74) is 0.548. The third kappa shape index (κ3) is 5.75. The molecule has 0 aliphatic rings. The van der Waals surface area contributed by atoms with Crippen molar-refractivity contribution in [1.29, 1.82) is 0 Å². The highest BCUT2D eigenvalue weighted by molar-refractivity contribution is 7.99. The number of carboxylic acid groups (broad SMARTS) is 1. The lowest BCUT2D eigenvalue weighted by atomic mass is 10.2. The van der Waals surface area contributed by atoms with Gasteiger partial charge in [0.1, 0.15) is 6.04 Å². The largest absolute Gasteiger partial charge is 0.480 e. The lowest BCUT2D eigenvalue weighted by Gasteiger charge is -2.13. The second kappa shape index (κ2) is 8.76. The van der Waals surface area contributed by atoms with Gasteiger partial charge in [-0.1, -0.05) is 32.0 Å². The van der Waals surface area contributed by atoms with Gasteiger partial charge in [0.2, 0.25) is 0 Å². The maximum absolute atomic E-state index is 11.5. The number of nitrogens with zero attached hydrogens (tertiary/aromatic N) is 1. The van der Waals surface area contributed by atoms with E-state index in [-0.39, 0.29) is 5.56 Å². The van der Waals surface area contributed by atoms with E-state index in [1.54, 1.807) is 0 Å². The molecule has 0 amide bonds. The average Bonchev–Trinajstić information content (AvgIpc) is 2.38. The Kier molecular flexibility index (Phi) is 7.32. The molecule has 7 heteroatoms. The zero-order valence-electron chi connectivity index (χ0n) is 11.8. The summed E-state index contributed by atoms with van der Waals surface area (Å²) >= 11 is 1.25. The molecule has 0 aliphatic carbocycles. The molecule has 0 radical (unpaired) electrons. The fourth-order valence-electron chi connectivity index (χ4n) is 1.63. The smallest absolute Gasteiger partial charge is 0.321 e. The van der Waals surface area contributed by atoms with E-state index in [0.717, 1.165) is 25.0 Å². The minimum atomic E-state index is -0.891. The number of rotatable bonds is 9. The van der Waals surface area contributed by atoms with E-state index in [1.165, 1.54) is 17.8 Å². The molecule has 1 atom stereocenters. The van der Waals surface area contributed by atoms with Gasteiger partial charge in [-0.2, -0.15) is 0 Å². The summed E-state index contributed by atoms with van der Waals surface area (Å²) < 4.78 is 0. The van der Waals surface area contributed by atoms with Crippen LogP contribution in [0.5, 0.6) is 0 Å². The van der Waals surface area contributed by atoms with Gasteiger partial charge in [-0.15, -0.1) is 0 Å². The van der Waals surface area contributed by atoms with Gasteiger partial charge in [0.05, 0.1) is 0 Å². The van der Waals surface area contributed by atoms with Gasteiger partial charge >= 0.3 is 5.97 Å². The number of aliphatic carboxylic acids is 1. The van der Waals surface area contributed by atoms with Crippen LogP contribution in [0.25, 0.3) is 0 Å². The Labute approximate surface area is 122 Å². The molecule has 0 saturated heterocycles. The van der Waals surface area contributed by atoms with Crippen LogP contribution in [0.2, 0.25) is 0 Å². The Bertz CT molecular complexity index is 490. The number of hydrogen-bond acceptors (Lipinski definition) is 5. The maximum atomic E-state index is 11.5. The Morgan fingerprint density at radius 3 is 2.85 bits per heavy atom. The Balaban J connectivity index is 2.67. The number of aryl methyl sites for hydroxylation is 1. The highest BCUT2D eigenvalue weighted by Crippen LogP contribution is 2.13. The fourth-order valence-corrected chi connectivity index (χ4v) is 2.57. The van der Waals surface area contributed by atoms with E-state index >= 15 is 0 Å².